The van der Waals surface area contributed by atoms with E-state index in [0.29, 0.717) is 11.4 Å². The molecule has 1 atom stereocenters. The van der Waals surface area contributed by atoms with Gasteiger partial charge < -0.3 is 9.84 Å². The van der Waals surface area contributed by atoms with E-state index in [1.807, 2.05) is 44.2 Å². The summed E-state index contributed by atoms with van der Waals surface area (Å²) in [6.45, 7) is 10.5. The zero-order valence-electron chi connectivity index (χ0n) is 18.9. The Morgan fingerprint density at radius 1 is 1.03 bits per heavy atom. The van der Waals surface area contributed by atoms with Crippen molar-refractivity contribution in [1.82, 2.24) is 13.9 Å². The van der Waals surface area contributed by atoms with Crippen LogP contribution >= 0.6 is 0 Å². The summed E-state index contributed by atoms with van der Waals surface area (Å²) >= 11 is 0. The van der Waals surface area contributed by atoms with Gasteiger partial charge in [0.2, 0.25) is 0 Å². The van der Waals surface area contributed by atoms with Crippen LogP contribution in [0, 0.1) is 0 Å². The van der Waals surface area contributed by atoms with Crippen molar-refractivity contribution < 1.29 is 9.84 Å². The Kier molecular flexibility index (Phi) is 4.16. The number of fused-ring (bicyclic) bond motifs is 5. The summed E-state index contributed by atoms with van der Waals surface area (Å²) in [5.74, 6) is 0.594. The number of aromatic nitrogens is 3. The van der Waals surface area contributed by atoms with Crippen LogP contribution in [0.4, 0.5) is 0 Å². The van der Waals surface area contributed by atoms with Gasteiger partial charge in [-0.15, -0.1) is 0 Å². The molecular formula is C25H27N3O4. The molecule has 0 fully saturated rings. The molecular weight excluding hydrogens is 406 g/mol. The number of allylic oxidation sites excluding steroid dienone is 1. The van der Waals surface area contributed by atoms with Gasteiger partial charge in [0.05, 0.1) is 12.2 Å². The van der Waals surface area contributed by atoms with Gasteiger partial charge in [-0.3, -0.25) is 0 Å². The number of phenols is 1. The van der Waals surface area contributed by atoms with Crippen LogP contribution in [0.15, 0.2) is 63.7 Å². The standard InChI is InChI=1S/C25H27N3O4/c1-24(2,3)15-6-8-16(9-7-15)27-22(30)26-13-12-19-21(28(26)23(27)31)18-11-10-17(29)14-20(18)32-25(19,4)5/h6-12,14,21,29H,13H2,1-5H3. The second-order valence-corrected chi connectivity index (χ2v) is 10.0. The molecule has 7 heteroatoms. The first-order valence-electron chi connectivity index (χ1n) is 10.8. The molecule has 2 aliphatic heterocycles. The molecule has 166 valence electrons. The quantitative estimate of drug-likeness (QED) is 0.596. The lowest BCUT2D eigenvalue weighted by molar-refractivity contribution is 0.113. The molecule has 32 heavy (non-hydrogen) atoms. The second-order valence-electron chi connectivity index (χ2n) is 10.0. The molecule has 3 aromatic rings. The van der Waals surface area contributed by atoms with Crippen molar-refractivity contribution in [2.24, 2.45) is 0 Å². The predicted octanol–water partition coefficient (Wildman–Crippen LogP) is 3.50. The summed E-state index contributed by atoms with van der Waals surface area (Å²) in [6, 6.07) is 12.0. The molecule has 0 spiro atoms. The van der Waals surface area contributed by atoms with E-state index < -0.39 is 17.3 Å². The molecule has 7 nitrogen and oxygen atoms in total. The van der Waals surface area contributed by atoms with Crippen LogP contribution < -0.4 is 16.1 Å². The van der Waals surface area contributed by atoms with Crippen LogP contribution in [-0.4, -0.2) is 24.6 Å². The monoisotopic (exact) mass is 433 g/mol. The molecule has 2 aromatic carbocycles. The van der Waals surface area contributed by atoms with Gasteiger partial charge in [0.25, 0.3) is 0 Å². The molecule has 5 rings (SSSR count). The highest BCUT2D eigenvalue weighted by Gasteiger charge is 2.43. The zero-order chi connectivity index (χ0) is 23.0. The van der Waals surface area contributed by atoms with E-state index in [0.717, 1.165) is 16.7 Å². The third-order valence-corrected chi connectivity index (χ3v) is 6.43. The number of rotatable bonds is 1. The van der Waals surface area contributed by atoms with Gasteiger partial charge in [0.1, 0.15) is 23.1 Å². The average Bonchev–Trinajstić information content (AvgIpc) is 2.97. The Bertz CT molecular complexity index is 1380. The number of phenolic OH excluding ortho intramolecular Hbond substituents is 1. The van der Waals surface area contributed by atoms with Gasteiger partial charge >= 0.3 is 11.4 Å². The number of aromatic hydroxyl groups is 1. The second kappa shape index (κ2) is 6.51. The first-order valence-corrected chi connectivity index (χ1v) is 10.8. The lowest BCUT2D eigenvalue weighted by atomic mass is 9.83. The highest BCUT2D eigenvalue weighted by atomic mass is 16.5. The van der Waals surface area contributed by atoms with Crippen molar-refractivity contribution >= 4 is 0 Å². The summed E-state index contributed by atoms with van der Waals surface area (Å²) in [7, 11) is 0. The maximum absolute atomic E-state index is 13.6. The van der Waals surface area contributed by atoms with Gasteiger partial charge in [0, 0.05) is 11.6 Å². The Balaban J connectivity index is 1.72. The molecule has 0 bridgehead atoms. The van der Waals surface area contributed by atoms with E-state index in [2.05, 4.69) is 20.8 Å². The third-order valence-electron chi connectivity index (χ3n) is 6.43. The average molecular weight is 434 g/mol. The van der Waals surface area contributed by atoms with Crippen molar-refractivity contribution in [3.05, 3.63) is 86.2 Å². The topological polar surface area (TPSA) is 78.4 Å². The fourth-order valence-corrected chi connectivity index (χ4v) is 4.72. The molecule has 0 aliphatic carbocycles. The van der Waals surface area contributed by atoms with Crippen LogP contribution in [0.1, 0.15) is 51.8 Å². The van der Waals surface area contributed by atoms with Crippen LogP contribution in [-0.2, 0) is 12.0 Å². The normalized spacial score (nSPS) is 18.8. The molecule has 0 radical (unpaired) electrons. The van der Waals surface area contributed by atoms with Gasteiger partial charge in [-0.1, -0.05) is 39.0 Å². The van der Waals surface area contributed by atoms with Crippen molar-refractivity contribution in [3.63, 3.8) is 0 Å². The number of hydrogen-bond donors (Lipinski definition) is 1. The molecule has 0 saturated heterocycles. The van der Waals surface area contributed by atoms with Crippen molar-refractivity contribution in [3.8, 4) is 17.2 Å². The first-order chi connectivity index (χ1) is 15.0. The first kappa shape index (κ1) is 20.4. The van der Waals surface area contributed by atoms with E-state index in [9.17, 15) is 14.7 Å². The predicted molar refractivity (Wildman–Crippen MR) is 122 cm³/mol. The van der Waals surface area contributed by atoms with Crippen LogP contribution in [0.5, 0.6) is 11.5 Å². The third kappa shape index (κ3) is 2.87. The van der Waals surface area contributed by atoms with Crippen molar-refractivity contribution in [2.75, 3.05) is 0 Å². The summed E-state index contributed by atoms with van der Waals surface area (Å²) in [5.41, 5.74) is 1.83. The summed E-state index contributed by atoms with van der Waals surface area (Å²) in [5, 5.41) is 9.96. The summed E-state index contributed by atoms with van der Waals surface area (Å²) < 4.78 is 10.4. The van der Waals surface area contributed by atoms with E-state index in [1.165, 1.54) is 13.9 Å². The summed E-state index contributed by atoms with van der Waals surface area (Å²) in [6.07, 6.45) is 1.97. The molecule has 1 N–H and O–H groups in total. The van der Waals surface area contributed by atoms with E-state index in [-0.39, 0.29) is 23.4 Å². The Hall–Kier alpha value is -3.48. The highest BCUT2D eigenvalue weighted by Crippen LogP contribution is 2.46. The van der Waals surface area contributed by atoms with E-state index in [1.54, 1.807) is 18.2 Å². The fourth-order valence-electron chi connectivity index (χ4n) is 4.72. The lowest BCUT2D eigenvalue weighted by Gasteiger charge is -2.42. The Labute approximate surface area is 185 Å². The van der Waals surface area contributed by atoms with Gasteiger partial charge in [0.15, 0.2) is 0 Å². The van der Waals surface area contributed by atoms with Crippen LogP contribution in [0.25, 0.3) is 5.69 Å². The van der Waals surface area contributed by atoms with E-state index in [4.69, 9.17) is 4.74 Å². The maximum Gasteiger partial charge on any atom is 0.352 e. The minimum absolute atomic E-state index is 0.0275. The molecule has 0 saturated carbocycles. The van der Waals surface area contributed by atoms with Crippen molar-refractivity contribution in [2.45, 2.75) is 58.2 Å². The van der Waals surface area contributed by atoms with E-state index >= 15 is 0 Å². The number of hydrogen-bond acceptors (Lipinski definition) is 4. The molecule has 1 unspecified atom stereocenters. The van der Waals surface area contributed by atoms with Crippen molar-refractivity contribution in [1.29, 1.82) is 0 Å². The minimum Gasteiger partial charge on any atom is -0.508 e. The number of ether oxygens (including phenoxy) is 1. The SMILES string of the molecule is CC1(C)Oc2cc(O)ccc2C2C1=CCn1c(=O)n(-c3ccc(C(C)(C)C)cc3)c(=O)n12. The minimum atomic E-state index is -0.692. The van der Waals surface area contributed by atoms with Gasteiger partial charge in [-0.05, 0) is 54.7 Å². The number of nitrogens with zero attached hydrogens (tertiary/aromatic N) is 3. The molecule has 3 heterocycles. The Morgan fingerprint density at radius 3 is 2.38 bits per heavy atom. The molecule has 0 amide bonds. The fraction of sp³-hybridized carbons (Fsp3) is 0.360. The zero-order valence-corrected chi connectivity index (χ0v) is 18.9. The smallest absolute Gasteiger partial charge is 0.352 e. The van der Waals surface area contributed by atoms with Crippen LogP contribution in [0.3, 0.4) is 0 Å². The van der Waals surface area contributed by atoms with Gasteiger partial charge in [-0.25, -0.2) is 23.5 Å². The highest BCUT2D eigenvalue weighted by molar-refractivity contribution is 5.51. The maximum atomic E-state index is 13.6. The van der Waals surface area contributed by atoms with Gasteiger partial charge in [-0.2, -0.15) is 0 Å². The molecule has 1 aromatic heterocycles. The Morgan fingerprint density at radius 2 is 1.72 bits per heavy atom. The lowest BCUT2D eigenvalue weighted by Crippen LogP contribution is -2.46. The largest absolute Gasteiger partial charge is 0.508 e. The van der Waals surface area contributed by atoms with Crippen LogP contribution in [0.2, 0.25) is 0 Å². The summed E-state index contributed by atoms with van der Waals surface area (Å²) in [4.78, 5) is 27.0. The number of benzene rings is 2. The molecule has 2 aliphatic rings.